The molecular weight excluding hydrogens is 340 g/mol. The smallest absolute Gasteiger partial charge is 0.248 e. The Bertz CT molecular complexity index is 899. The average molecular weight is 350 g/mol. The van der Waals surface area contributed by atoms with Crippen molar-refractivity contribution >= 4 is 23.2 Å². The standard InChI is InChI=1S/C15H10ClF2N5O/c16-10-4-5-13(12(18)7-10)19-14(24)8-23-21-15(20-22-23)9-2-1-3-11(17)6-9/h1-7H,8H2,(H,19,24). The highest BCUT2D eigenvalue weighted by Crippen LogP contribution is 2.19. The summed E-state index contributed by atoms with van der Waals surface area (Å²) in [6.45, 7) is -0.273. The molecule has 0 saturated carbocycles. The predicted molar refractivity (Wildman–Crippen MR) is 83.3 cm³/mol. The van der Waals surface area contributed by atoms with E-state index in [1.54, 1.807) is 6.07 Å². The molecule has 1 amide bonds. The van der Waals surface area contributed by atoms with Crippen molar-refractivity contribution in [3.63, 3.8) is 0 Å². The van der Waals surface area contributed by atoms with Gasteiger partial charge in [-0.2, -0.15) is 4.80 Å². The van der Waals surface area contributed by atoms with Crippen LogP contribution in [0.25, 0.3) is 11.4 Å². The van der Waals surface area contributed by atoms with Crippen molar-refractivity contribution in [2.24, 2.45) is 0 Å². The topological polar surface area (TPSA) is 72.7 Å². The zero-order chi connectivity index (χ0) is 17.1. The van der Waals surface area contributed by atoms with E-state index < -0.39 is 17.5 Å². The summed E-state index contributed by atoms with van der Waals surface area (Å²) < 4.78 is 26.8. The second-order valence-corrected chi connectivity index (χ2v) is 5.26. The summed E-state index contributed by atoms with van der Waals surface area (Å²) >= 11 is 5.64. The van der Waals surface area contributed by atoms with Gasteiger partial charge in [-0.15, -0.1) is 10.2 Å². The highest BCUT2D eigenvalue weighted by atomic mass is 35.5. The fourth-order valence-electron chi connectivity index (χ4n) is 1.96. The highest BCUT2D eigenvalue weighted by molar-refractivity contribution is 6.30. The van der Waals surface area contributed by atoms with E-state index in [9.17, 15) is 13.6 Å². The van der Waals surface area contributed by atoms with Crippen LogP contribution >= 0.6 is 11.6 Å². The van der Waals surface area contributed by atoms with E-state index >= 15 is 0 Å². The lowest BCUT2D eigenvalue weighted by atomic mass is 10.2. The maximum absolute atomic E-state index is 13.6. The number of halogens is 3. The molecule has 1 N–H and O–H groups in total. The number of carbonyl (C=O) groups is 1. The fourth-order valence-corrected chi connectivity index (χ4v) is 2.12. The van der Waals surface area contributed by atoms with Gasteiger partial charge in [-0.3, -0.25) is 4.79 Å². The first-order valence-electron chi connectivity index (χ1n) is 6.80. The molecule has 0 spiro atoms. The summed E-state index contributed by atoms with van der Waals surface area (Å²) in [7, 11) is 0. The van der Waals surface area contributed by atoms with Crippen LogP contribution in [0.15, 0.2) is 42.5 Å². The van der Waals surface area contributed by atoms with Crippen LogP contribution < -0.4 is 5.32 Å². The lowest BCUT2D eigenvalue weighted by Gasteiger charge is -2.05. The van der Waals surface area contributed by atoms with Crippen molar-refractivity contribution in [1.29, 1.82) is 0 Å². The van der Waals surface area contributed by atoms with Gasteiger partial charge in [0.05, 0.1) is 5.69 Å². The van der Waals surface area contributed by atoms with E-state index in [4.69, 9.17) is 11.6 Å². The van der Waals surface area contributed by atoms with Gasteiger partial charge in [0.25, 0.3) is 0 Å². The number of hydrogen-bond acceptors (Lipinski definition) is 4. The minimum absolute atomic E-state index is 0.00475. The lowest BCUT2D eigenvalue weighted by molar-refractivity contribution is -0.117. The predicted octanol–water partition coefficient (Wildman–Crippen LogP) is 2.91. The van der Waals surface area contributed by atoms with Gasteiger partial charge in [0.15, 0.2) is 0 Å². The zero-order valence-corrected chi connectivity index (χ0v) is 12.8. The van der Waals surface area contributed by atoms with Crippen molar-refractivity contribution < 1.29 is 13.6 Å². The Labute approximate surface area is 140 Å². The summed E-state index contributed by atoms with van der Waals surface area (Å²) in [6.07, 6.45) is 0. The first-order valence-corrected chi connectivity index (χ1v) is 7.18. The van der Waals surface area contributed by atoms with Crippen LogP contribution in [0.1, 0.15) is 0 Å². The lowest BCUT2D eigenvalue weighted by Crippen LogP contribution is -2.21. The third-order valence-electron chi connectivity index (χ3n) is 3.03. The monoisotopic (exact) mass is 349 g/mol. The van der Waals surface area contributed by atoms with Gasteiger partial charge in [-0.25, -0.2) is 8.78 Å². The van der Waals surface area contributed by atoms with Gasteiger partial charge in [0, 0.05) is 10.6 Å². The van der Waals surface area contributed by atoms with Crippen LogP contribution in [0.2, 0.25) is 5.02 Å². The van der Waals surface area contributed by atoms with Crippen molar-refractivity contribution in [1.82, 2.24) is 20.2 Å². The highest BCUT2D eigenvalue weighted by Gasteiger charge is 2.12. The fraction of sp³-hybridized carbons (Fsp3) is 0.0667. The van der Waals surface area contributed by atoms with Gasteiger partial charge in [-0.05, 0) is 35.5 Å². The Balaban J connectivity index is 1.69. The Morgan fingerprint density at radius 1 is 1.21 bits per heavy atom. The Morgan fingerprint density at radius 3 is 2.79 bits per heavy atom. The van der Waals surface area contributed by atoms with Gasteiger partial charge >= 0.3 is 0 Å². The normalized spacial score (nSPS) is 10.6. The van der Waals surface area contributed by atoms with E-state index in [1.807, 2.05) is 0 Å². The number of rotatable bonds is 4. The summed E-state index contributed by atoms with van der Waals surface area (Å²) in [5, 5.41) is 14.1. The van der Waals surface area contributed by atoms with Crippen LogP contribution in [0.4, 0.5) is 14.5 Å². The number of nitrogens with one attached hydrogen (secondary N) is 1. The Hall–Kier alpha value is -2.87. The molecule has 24 heavy (non-hydrogen) atoms. The number of tetrazole rings is 1. The minimum atomic E-state index is -0.650. The van der Waals surface area contributed by atoms with E-state index in [2.05, 4.69) is 20.7 Å². The molecule has 0 radical (unpaired) electrons. The molecule has 0 aliphatic rings. The molecule has 0 aliphatic carbocycles. The number of anilines is 1. The first kappa shape index (κ1) is 16.0. The van der Waals surface area contributed by atoms with E-state index in [-0.39, 0.29) is 23.1 Å². The number of aromatic nitrogens is 4. The molecule has 3 aromatic rings. The number of carbonyl (C=O) groups excluding carboxylic acids is 1. The van der Waals surface area contributed by atoms with E-state index in [0.717, 1.165) is 10.9 Å². The second-order valence-electron chi connectivity index (χ2n) is 4.83. The van der Waals surface area contributed by atoms with Gasteiger partial charge < -0.3 is 5.32 Å². The maximum atomic E-state index is 13.6. The molecule has 122 valence electrons. The average Bonchev–Trinajstić information content (AvgIpc) is 2.98. The molecule has 0 atom stereocenters. The number of amides is 1. The molecule has 0 bridgehead atoms. The first-order chi connectivity index (χ1) is 11.5. The minimum Gasteiger partial charge on any atom is -0.322 e. The van der Waals surface area contributed by atoms with Crippen molar-refractivity contribution in [2.75, 3.05) is 5.32 Å². The van der Waals surface area contributed by atoms with Gasteiger partial charge in [0.1, 0.15) is 18.2 Å². The van der Waals surface area contributed by atoms with Gasteiger partial charge in [0.2, 0.25) is 11.7 Å². The number of benzene rings is 2. The van der Waals surface area contributed by atoms with Crippen LogP contribution in [0.3, 0.4) is 0 Å². The molecule has 9 heteroatoms. The summed E-state index contributed by atoms with van der Waals surface area (Å²) in [6, 6.07) is 9.58. The molecule has 3 rings (SSSR count). The molecule has 0 unspecified atom stereocenters. The maximum Gasteiger partial charge on any atom is 0.248 e. The van der Waals surface area contributed by atoms with Crippen LogP contribution in [0.5, 0.6) is 0 Å². The van der Waals surface area contributed by atoms with Crippen LogP contribution in [-0.4, -0.2) is 26.1 Å². The number of hydrogen-bond donors (Lipinski definition) is 1. The Morgan fingerprint density at radius 2 is 2.04 bits per heavy atom. The molecule has 2 aromatic carbocycles. The van der Waals surface area contributed by atoms with Crippen LogP contribution in [-0.2, 0) is 11.3 Å². The largest absolute Gasteiger partial charge is 0.322 e. The van der Waals surface area contributed by atoms with Crippen molar-refractivity contribution in [2.45, 2.75) is 6.54 Å². The van der Waals surface area contributed by atoms with Gasteiger partial charge in [-0.1, -0.05) is 23.7 Å². The third kappa shape index (κ3) is 3.72. The zero-order valence-electron chi connectivity index (χ0n) is 12.1. The summed E-state index contributed by atoms with van der Waals surface area (Å²) in [4.78, 5) is 13.0. The quantitative estimate of drug-likeness (QED) is 0.786. The molecule has 0 fully saturated rings. The van der Waals surface area contributed by atoms with Crippen LogP contribution in [0, 0.1) is 11.6 Å². The molecule has 1 aromatic heterocycles. The molecule has 6 nitrogen and oxygen atoms in total. The van der Waals surface area contributed by atoms with E-state index in [1.165, 1.54) is 30.3 Å². The molecule has 1 heterocycles. The SMILES string of the molecule is O=C(Cn1nnc(-c2cccc(F)c2)n1)Nc1ccc(Cl)cc1F. The van der Waals surface area contributed by atoms with E-state index in [0.29, 0.717) is 5.56 Å². The molecule has 0 aliphatic heterocycles. The second kappa shape index (κ2) is 6.71. The summed E-state index contributed by atoms with van der Waals surface area (Å²) in [5.41, 5.74) is 0.431. The van der Waals surface area contributed by atoms with Crippen molar-refractivity contribution in [3.05, 3.63) is 59.1 Å². The third-order valence-corrected chi connectivity index (χ3v) is 3.26. The molecule has 0 saturated heterocycles. The number of nitrogens with zero attached hydrogens (tertiary/aromatic N) is 4. The summed E-state index contributed by atoms with van der Waals surface area (Å²) in [5.74, 6) is -1.44. The molecular formula is C15H10ClF2N5O. The van der Waals surface area contributed by atoms with Crippen molar-refractivity contribution in [3.8, 4) is 11.4 Å². The Kier molecular flexibility index (Phi) is 4.48.